The lowest BCUT2D eigenvalue weighted by atomic mass is 10.1. The smallest absolute Gasteiger partial charge is 0.0232 e. The van der Waals surface area contributed by atoms with E-state index in [0.717, 1.165) is 12.1 Å². The van der Waals surface area contributed by atoms with Crippen molar-refractivity contribution >= 4 is 0 Å². The molecule has 18 heavy (non-hydrogen) atoms. The van der Waals surface area contributed by atoms with Crippen molar-refractivity contribution in [2.45, 2.75) is 25.4 Å². The molecule has 4 nitrogen and oxygen atoms in total. The highest BCUT2D eigenvalue weighted by Crippen LogP contribution is 2.13. The highest BCUT2D eigenvalue weighted by molar-refractivity contribution is 4.82. The Hall–Kier alpha value is -0.160. The first-order valence-corrected chi connectivity index (χ1v) is 7.37. The molecule has 4 heteroatoms. The molecule has 0 saturated carbocycles. The summed E-state index contributed by atoms with van der Waals surface area (Å²) < 4.78 is 0. The van der Waals surface area contributed by atoms with Crippen molar-refractivity contribution in [1.29, 1.82) is 0 Å². The van der Waals surface area contributed by atoms with Gasteiger partial charge in [0.1, 0.15) is 0 Å². The van der Waals surface area contributed by atoms with Gasteiger partial charge < -0.3 is 14.7 Å². The predicted octanol–water partition coefficient (Wildman–Crippen LogP) is 0.258. The van der Waals surface area contributed by atoms with Crippen molar-refractivity contribution in [3.63, 3.8) is 0 Å². The molecular weight excluding hydrogens is 224 g/mol. The van der Waals surface area contributed by atoms with Gasteiger partial charge in [-0.15, -0.1) is 0 Å². The standard InChI is InChI=1S/C14H30N4/c1-13-11-15(2)8-10-18(13)6-5-14-12-16(3)7-9-17(14)4/h13-14H,5-12H2,1-4H3/t13-,14-/m1/s1. The van der Waals surface area contributed by atoms with E-state index in [1.54, 1.807) is 0 Å². The maximum absolute atomic E-state index is 2.67. The average molecular weight is 254 g/mol. The molecule has 2 rings (SSSR count). The molecule has 0 bridgehead atoms. The summed E-state index contributed by atoms with van der Waals surface area (Å²) in [4.78, 5) is 10.1. The fraction of sp³-hybridized carbons (Fsp3) is 1.00. The van der Waals surface area contributed by atoms with Crippen LogP contribution in [0.25, 0.3) is 0 Å². The first kappa shape index (κ1) is 14.3. The topological polar surface area (TPSA) is 13.0 Å². The largest absolute Gasteiger partial charge is 0.304 e. The third-order valence-corrected chi connectivity index (χ3v) is 4.70. The van der Waals surface area contributed by atoms with E-state index in [1.165, 1.54) is 52.2 Å². The van der Waals surface area contributed by atoms with Crippen molar-refractivity contribution in [2.24, 2.45) is 0 Å². The van der Waals surface area contributed by atoms with Crippen LogP contribution in [0.15, 0.2) is 0 Å². The molecule has 0 aromatic heterocycles. The van der Waals surface area contributed by atoms with Gasteiger partial charge in [0.15, 0.2) is 0 Å². The third-order valence-electron chi connectivity index (χ3n) is 4.70. The van der Waals surface area contributed by atoms with E-state index in [-0.39, 0.29) is 0 Å². The zero-order chi connectivity index (χ0) is 13.1. The summed E-state index contributed by atoms with van der Waals surface area (Å²) in [6.07, 6.45) is 1.31. The van der Waals surface area contributed by atoms with Gasteiger partial charge in [-0.2, -0.15) is 0 Å². The Bertz CT molecular complexity index is 258. The van der Waals surface area contributed by atoms with Crippen LogP contribution < -0.4 is 0 Å². The zero-order valence-corrected chi connectivity index (χ0v) is 12.6. The van der Waals surface area contributed by atoms with Gasteiger partial charge in [-0.3, -0.25) is 4.90 Å². The van der Waals surface area contributed by atoms with E-state index >= 15 is 0 Å². The van der Waals surface area contributed by atoms with Gasteiger partial charge in [-0.25, -0.2) is 0 Å². The Kier molecular flexibility index (Phi) is 5.01. The van der Waals surface area contributed by atoms with E-state index in [0.29, 0.717) is 0 Å². The summed E-state index contributed by atoms with van der Waals surface area (Å²) >= 11 is 0. The Morgan fingerprint density at radius 2 is 1.56 bits per heavy atom. The van der Waals surface area contributed by atoms with Crippen LogP contribution in [0, 0.1) is 0 Å². The molecule has 0 amide bonds. The van der Waals surface area contributed by atoms with Crippen LogP contribution in [0.2, 0.25) is 0 Å². The molecule has 2 saturated heterocycles. The van der Waals surface area contributed by atoms with Crippen LogP contribution in [0.4, 0.5) is 0 Å². The van der Waals surface area contributed by atoms with Crippen LogP contribution in [0.5, 0.6) is 0 Å². The van der Waals surface area contributed by atoms with E-state index < -0.39 is 0 Å². The third kappa shape index (κ3) is 3.67. The lowest BCUT2D eigenvalue weighted by Crippen LogP contribution is -2.54. The van der Waals surface area contributed by atoms with Crippen LogP contribution in [0.3, 0.4) is 0 Å². The Morgan fingerprint density at radius 1 is 0.889 bits per heavy atom. The van der Waals surface area contributed by atoms with Gasteiger partial charge in [0.25, 0.3) is 0 Å². The molecular formula is C14H30N4. The van der Waals surface area contributed by atoms with Crippen LogP contribution in [0.1, 0.15) is 13.3 Å². The van der Waals surface area contributed by atoms with Gasteiger partial charge >= 0.3 is 0 Å². The molecule has 0 radical (unpaired) electrons. The Balaban J connectivity index is 1.76. The quantitative estimate of drug-likeness (QED) is 0.716. The number of nitrogens with zero attached hydrogens (tertiary/aromatic N) is 4. The maximum Gasteiger partial charge on any atom is 0.0232 e. The molecule has 0 unspecified atom stereocenters. The number of hydrogen-bond acceptors (Lipinski definition) is 4. The average Bonchev–Trinajstić information content (AvgIpc) is 2.32. The fourth-order valence-electron chi connectivity index (χ4n) is 3.24. The SMILES string of the molecule is C[C@@H]1CN(C)CCN1CC[C@@H]1CN(C)CCN1C. The fourth-order valence-corrected chi connectivity index (χ4v) is 3.24. The Labute approximate surface area is 113 Å². The molecule has 0 aromatic rings. The highest BCUT2D eigenvalue weighted by atomic mass is 15.3. The number of hydrogen-bond donors (Lipinski definition) is 0. The summed E-state index contributed by atoms with van der Waals surface area (Å²) in [5.74, 6) is 0. The summed E-state index contributed by atoms with van der Waals surface area (Å²) in [6, 6.07) is 1.46. The van der Waals surface area contributed by atoms with Crippen molar-refractivity contribution in [1.82, 2.24) is 19.6 Å². The molecule has 0 spiro atoms. The van der Waals surface area contributed by atoms with Gasteiger partial charge in [-0.1, -0.05) is 0 Å². The van der Waals surface area contributed by atoms with E-state index in [2.05, 4.69) is 47.7 Å². The zero-order valence-electron chi connectivity index (χ0n) is 12.6. The van der Waals surface area contributed by atoms with Gasteiger partial charge in [-0.05, 0) is 34.5 Å². The Morgan fingerprint density at radius 3 is 2.28 bits per heavy atom. The van der Waals surface area contributed by atoms with Gasteiger partial charge in [0, 0.05) is 57.9 Å². The number of likely N-dealkylation sites (N-methyl/N-ethyl adjacent to an activating group) is 3. The number of rotatable bonds is 3. The minimum atomic E-state index is 0.718. The maximum atomic E-state index is 2.67. The molecule has 2 heterocycles. The van der Waals surface area contributed by atoms with Crippen molar-refractivity contribution in [3.05, 3.63) is 0 Å². The molecule has 2 atom stereocenters. The van der Waals surface area contributed by atoms with E-state index in [1.807, 2.05) is 0 Å². The summed E-state index contributed by atoms with van der Waals surface area (Å²) in [7, 11) is 6.77. The predicted molar refractivity (Wildman–Crippen MR) is 77.1 cm³/mol. The van der Waals surface area contributed by atoms with Crippen molar-refractivity contribution in [2.75, 3.05) is 67.0 Å². The molecule has 106 valence electrons. The second-order valence-electron chi connectivity index (χ2n) is 6.33. The monoisotopic (exact) mass is 254 g/mol. The first-order valence-electron chi connectivity index (χ1n) is 7.37. The minimum absolute atomic E-state index is 0.718. The van der Waals surface area contributed by atoms with Gasteiger partial charge in [0.2, 0.25) is 0 Å². The highest BCUT2D eigenvalue weighted by Gasteiger charge is 2.25. The molecule has 2 fully saturated rings. The second kappa shape index (κ2) is 6.33. The lowest BCUT2D eigenvalue weighted by Gasteiger charge is -2.41. The number of piperazine rings is 2. The summed E-state index contributed by atoms with van der Waals surface area (Å²) in [6.45, 7) is 11.0. The first-order chi connectivity index (χ1) is 8.56. The minimum Gasteiger partial charge on any atom is -0.304 e. The second-order valence-corrected chi connectivity index (χ2v) is 6.33. The molecule has 2 aliphatic rings. The molecule has 0 N–H and O–H groups in total. The molecule has 0 aliphatic carbocycles. The molecule has 0 aromatic carbocycles. The summed E-state index contributed by atoms with van der Waals surface area (Å²) in [5.41, 5.74) is 0. The normalized spacial score (nSPS) is 34.0. The van der Waals surface area contributed by atoms with Crippen molar-refractivity contribution < 1.29 is 0 Å². The lowest BCUT2D eigenvalue weighted by molar-refractivity contribution is 0.0680. The van der Waals surface area contributed by atoms with Crippen LogP contribution in [-0.4, -0.2) is 98.6 Å². The van der Waals surface area contributed by atoms with Crippen LogP contribution in [-0.2, 0) is 0 Å². The molecule has 2 aliphatic heterocycles. The van der Waals surface area contributed by atoms with Crippen molar-refractivity contribution in [3.8, 4) is 0 Å². The van der Waals surface area contributed by atoms with E-state index in [9.17, 15) is 0 Å². The van der Waals surface area contributed by atoms with E-state index in [4.69, 9.17) is 0 Å². The summed E-state index contributed by atoms with van der Waals surface area (Å²) in [5, 5.41) is 0. The van der Waals surface area contributed by atoms with Gasteiger partial charge in [0.05, 0.1) is 0 Å². The van der Waals surface area contributed by atoms with Crippen LogP contribution >= 0.6 is 0 Å².